The van der Waals surface area contributed by atoms with E-state index in [0.29, 0.717) is 5.56 Å². The molecule has 1 aromatic rings. The van der Waals surface area contributed by atoms with Gasteiger partial charge in [0.25, 0.3) is 0 Å². The van der Waals surface area contributed by atoms with Crippen LogP contribution >= 0.6 is 0 Å². The van der Waals surface area contributed by atoms with E-state index in [1.54, 1.807) is 0 Å². The van der Waals surface area contributed by atoms with Crippen molar-refractivity contribution >= 4 is 0 Å². The lowest BCUT2D eigenvalue weighted by Gasteiger charge is -2.04. The van der Waals surface area contributed by atoms with Gasteiger partial charge in [-0.3, -0.25) is 4.98 Å². The van der Waals surface area contributed by atoms with E-state index < -0.39 is 11.9 Å². The Balaban J connectivity index is 2.83. The van der Waals surface area contributed by atoms with Crippen molar-refractivity contribution in [1.82, 2.24) is 4.98 Å². The van der Waals surface area contributed by atoms with Gasteiger partial charge in [0.1, 0.15) is 5.69 Å². The molecule has 7 heteroatoms. The molecular formula is C7H5F3N4. The second-order valence-electron chi connectivity index (χ2n) is 2.44. The first-order valence-electron chi connectivity index (χ1n) is 3.57. The summed E-state index contributed by atoms with van der Waals surface area (Å²) in [4.78, 5) is 5.67. The predicted molar refractivity (Wildman–Crippen MR) is 42.1 cm³/mol. The van der Waals surface area contributed by atoms with Crippen LogP contribution in [0.3, 0.4) is 0 Å². The number of hydrogen-bond donors (Lipinski definition) is 0. The fraction of sp³-hybridized carbons (Fsp3) is 0.286. The number of pyridine rings is 1. The minimum absolute atomic E-state index is 0.00162. The first-order chi connectivity index (χ1) is 6.54. The van der Waals surface area contributed by atoms with Crippen LogP contribution in [0.5, 0.6) is 0 Å². The molecule has 0 aromatic carbocycles. The van der Waals surface area contributed by atoms with E-state index in [4.69, 9.17) is 5.53 Å². The summed E-state index contributed by atoms with van der Waals surface area (Å²) in [6, 6.07) is 2.08. The molecule has 1 rings (SSSR count). The molecule has 0 aliphatic carbocycles. The van der Waals surface area contributed by atoms with Gasteiger partial charge in [-0.15, -0.1) is 0 Å². The number of hydrogen-bond acceptors (Lipinski definition) is 2. The molecule has 0 aliphatic rings. The quantitative estimate of drug-likeness (QED) is 0.413. The number of rotatable bonds is 2. The highest BCUT2D eigenvalue weighted by Crippen LogP contribution is 2.27. The van der Waals surface area contributed by atoms with Crippen LogP contribution < -0.4 is 0 Å². The molecule has 0 bridgehead atoms. The summed E-state index contributed by atoms with van der Waals surface area (Å²) in [6.45, 7) is 0.00162. The minimum atomic E-state index is -4.43. The van der Waals surface area contributed by atoms with Gasteiger partial charge in [-0.2, -0.15) is 13.2 Å². The van der Waals surface area contributed by atoms with Crippen LogP contribution in [0, 0.1) is 0 Å². The van der Waals surface area contributed by atoms with Crippen molar-refractivity contribution in [3.8, 4) is 0 Å². The summed E-state index contributed by atoms with van der Waals surface area (Å²) in [5, 5.41) is 3.19. The average Bonchev–Trinajstić information content (AvgIpc) is 2.14. The maximum atomic E-state index is 12.0. The fourth-order valence-corrected chi connectivity index (χ4v) is 0.799. The Bertz CT molecular complexity index is 350. The Kier molecular flexibility index (Phi) is 2.93. The normalized spacial score (nSPS) is 10.8. The number of nitrogens with zero attached hydrogens (tertiary/aromatic N) is 4. The fourth-order valence-electron chi connectivity index (χ4n) is 0.799. The molecule has 0 N–H and O–H groups in total. The Morgan fingerprint density at radius 3 is 2.57 bits per heavy atom. The molecule has 0 radical (unpaired) electrons. The number of azide groups is 1. The average molecular weight is 202 g/mol. The zero-order valence-electron chi connectivity index (χ0n) is 6.86. The molecule has 0 atom stereocenters. The molecule has 1 heterocycles. The molecule has 0 unspecified atom stereocenters. The predicted octanol–water partition coefficient (Wildman–Crippen LogP) is 2.91. The first-order valence-corrected chi connectivity index (χ1v) is 3.57. The van der Waals surface area contributed by atoms with Gasteiger partial charge in [-0.05, 0) is 17.2 Å². The van der Waals surface area contributed by atoms with Crippen molar-refractivity contribution in [3.05, 3.63) is 40.0 Å². The van der Waals surface area contributed by atoms with Crippen LogP contribution in [0.15, 0.2) is 23.4 Å². The van der Waals surface area contributed by atoms with Crippen molar-refractivity contribution in [3.63, 3.8) is 0 Å². The van der Waals surface area contributed by atoms with Crippen molar-refractivity contribution in [2.75, 3.05) is 0 Å². The molecule has 4 nitrogen and oxygen atoms in total. The van der Waals surface area contributed by atoms with Crippen LogP contribution in [0.1, 0.15) is 11.3 Å². The molecule has 0 saturated carbocycles. The Morgan fingerprint density at radius 2 is 2.14 bits per heavy atom. The highest BCUT2D eigenvalue weighted by Gasteiger charge is 2.31. The summed E-state index contributed by atoms with van der Waals surface area (Å²) < 4.78 is 36.1. The van der Waals surface area contributed by atoms with Crippen LogP contribution in [0.4, 0.5) is 13.2 Å². The Morgan fingerprint density at radius 1 is 1.43 bits per heavy atom. The molecule has 0 aliphatic heterocycles. The SMILES string of the molecule is [N-]=[N+]=NCc1ccc(C(F)(F)F)nc1. The monoisotopic (exact) mass is 202 g/mol. The van der Waals surface area contributed by atoms with Crippen molar-refractivity contribution in [2.45, 2.75) is 12.7 Å². The molecule has 14 heavy (non-hydrogen) atoms. The summed E-state index contributed by atoms with van der Waals surface area (Å²) in [5.74, 6) is 0. The third kappa shape index (κ3) is 2.63. The lowest BCUT2D eigenvalue weighted by Crippen LogP contribution is -2.07. The maximum Gasteiger partial charge on any atom is 0.433 e. The molecule has 0 spiro atoms. The Labute approximate surface area is 77.0 Å². The molecular weight excluding hydrogens is 197 g/mol. The lowest BCUT2D eigenvalue weighted by atomic mass is 10.2. The van der Waals surface area contributed by atoms with Gasteiger partial charge in [0.2, 0.25) is 0 Å². The van der Waals surface area contributed by atoms with E-state index in [-0.39, 0.29) is 6.54 Å². The van der Waals surface area contributed by atoms with Gasteiger partial charge in [0.15, 0.2) is 0 Å². The van der Waals surface area contributed by atoms with Gasteiger partial charge in [0, 0.05) is 11.1 Å². The highest BCUT2D eigenvalue weighted by atomic mass is 19.4. The van der Waals surface area contributed by atoms with Crippen molar-refractivity contribution < 1.29 is 13.2 Å². The summed E-state index contributed by atoms with van der Waals surface area (Å²) in [5.41, 5.74) is 7.45. The third-order valence-electron chi connectivity index (χ3n) is 1.43. The second-order valence-corrected chi connectivity index (χ2v) is 2.44. The maximum absolute atomic E-state index is 12.0. The minimum Gasteiger partial charge on any atom is -0.252 e. The second kappa shape index (κ2) is 3.97. The van der Waals surface area contributed by atoms with E-state index >= 15 is 0 Å². The van der Waals surface area contributed by atoms with Gasteiger partial charge in [-0.25, -0.2) is 0 Å². The van der Waals surface area contributed by atoms with Gasteiger partial charge in [0.05, 0.1) is 6.54 Å². The molecule has 0 amide bonds. The van der Waals surface area contributed by atoms with Crippen LogP contribution in [-0.4, -0.2) is 4.98 Å². The molecule has 74 valence electrons. The summed E-state index contributed by atoms with van der Waals surface area (Å²) >= 11 is 0. The van der Waals surface area contributed by atoms with Crippen molar-refractivity contribution in [2.24, 2.45) is 5.11 Å². The summed E-state index contributed by atoms with van der Waals surface area (Å²) in [6.07, 6.45) is -3.39. The van der Waals surface area contributed by atoms with Gasteiger partial charge in [-0.1, -0.05) is 11.2 Å². The van der Waals surface area contributed by atoms with Gasteiger partial charge >= 0.3 is 6.18 Å². The number of halogens is 3. The smallest absolute Gasteiger partial charge is 0.252 e. The third-order valence-corrected chi connectivity index (χ3v) is 1.43. The summed E-state index contributed by atoms with van der Waals surface area (Å²) in [7, 11) is 0. The van der Waals surface area contributed by atoms with E-state index in [9.17, 15) is 13.2 Å². The van der Waals surface area contributed by atoms with E-state index in [2.05, 4.69) is 15.0 Å². The lowest BCUT2D eigenvalue weighted by molar-refractivity contribution is -0.141. The van der Waals surface area contributed by atoms with Crippen LogP contribution in [0.25, 0.3) is 10.4 Å². The zero-order chi connectivity index (χ0) is 10.6. The van der Waals surface area contributed by atoms with Gasteiger partial charge < -0.3 is 0 Å². The standard InChI is InChI=1S/C7H5F3N4/c8-7(9,10)6-2-1-5(3-12-6)4-13-14-11/h1-3H,4H2. The largest absolute Gasteiger partial charge is 0.433 e. The first kappa shape index (κ1) is 10.3. The number of aromatic nitrogens is 1. The van der Waals surface area contributed by atoms with E-state index in [1.165, 1.54) is 6.07 Å². The molecule has 1 aromatic heterocycles. The van der Waals surface area contributed by atoms with Crippen LogP contribution in [0.2, 0.25) is 0 Å². The van der Waals surface area contributed by atoms with E-state index in [0.717, 1.165) is 12.3 Å². The number of alkyl halides is 3. The Hall–Kier alpha value is -1.75. The van der Waals surface area contributed by atoms with E-state index in [1.807, 2.05) is 0 Å². The van der Waals surface area contributed by atoms with Crippen LogP contribution in [-0.2, 0) is 12.7 Å². The zero-order valence-corrected chi connectivity index (χ0v) is 6.86. The highest BCUT2D eigenvalue weighted by molar-refractivity contribution is 5.15. The van der Waals surface area contributed by atoms with Crippen molar-refractivity contribution in [1.29, 1.82) is 0 Å². The molecule has 0 saturated heterocycles. The molecule has 0 fully saturated rings. The topological polar surface area (TPSA) is 61.7 Å².